The minimum Gasteiger partial charge on any atom is -0.441 e. The van der Waals surface area contributed by atoms with Crippen LogP contribution in [0, 0.1) is 12.8 Å². The van der Waals surface area contributed by atoms with Gasteiger partial charge in [0.25, 0.3) is 0 Å². The Morgan fingerprint density at radius 1 is 1.23 bits per heavy atom. The molecule has 4 rings (SSSR count). The third kappa shape index (κ3) is 3.42. The lowest BCUT2D eigenvalue weighted by molar-refractivity contribution is -0.134. The van der Waals surface area contributed by atoms with Gasteiger partial charge in [-0.15, -0.1) is 0 Å². The number of hydrogen-bond donors (Lipinski definition) is 0. The molecule has 2 heterocycles. The smallest absolute Gasteiger partial charge is 0.223 e. The molecule has 1 saturated heterocycles. The van der Waals surface area contributed by atoms with Gasteiger partial charge >= 0.3 is 0 Å². The van der Waals surface area contributed by atoms with Crippen molar-refractivity contribution in [2.75, 3.05) is 0 Å². The van der Waals surface area contributed by atoms with Gasteiger partial charge in [-0.05, 0) is 39.0 Å². The molecule has 4 heteroatoms. The number of oxazole rings is 1. The number of carbonyl (C=O) groups is 1. The van der Waals surface area contributed by atoms with E-state index in [9.17, 15) is 4.79 Å². The van der Waals surface area contributed by atoms with Crippen molar-refractivity contribution in [3.8, 4) is 11.3 Å². The van der Waals surface area contributed by atoms with Crippen LogP contribution in [0.15, 0.2) is 34.9 Å². The first-order chi connectivity index (χ1) is 12.6. The fourth-order valence-electron chi connectivity index (χ4n) is 4.76. The molecule has 1 saturated carbocycles. The topological polar surface area (TPSA) is 46.3 Å². The standard InChI is InChI=1S/C22H28N2O2/c1-15-7-9-17(10-8-15)20-14-23-21(26-20)11-12-22(25)24-16(2)13-18-5-3-4-6-19(18)24/h7-10,14,16,18-19H,3-6,11-13H2,1-2H3. The summed E-state index contributed by atoms with van der Waals surface area (Å²) in [4.78, 5) is 19.4. The highest BCUT2D eigenvalue weighted by Crippen LogP contribution is 2.39. The summed E-state index contributed by atoms with van der Waals surface area (Å²) in [6, 6.07) is 9.06. The zero-order chi connectivity index (χ0) is 18.1. The molecule has 138 valence electrons. The van der Waals surface area contributed by atoms with Crippen molar-refractivity contribution >= 4 is 5.91 Å². The molecule has 1 aliphatic carbocycles. The van der Waals surface area contributed by atoms with Crippen LogP contribution in [0.5, 0.6) is 0 Å². The zero-order valence-corrected chi connectivity index (χ0v) is 15.8. The van der Waals surface area contributed by atoms with E-state index in [1.807, 2.05) is 12.1 Å². The molecule has 2 fully saturated rings. The average Bonchev–Trinajstić information content (AvgIpc) is 3.24. The summed E-state index contributed by atoms with van der Waals surface area (Å²) in [5.74, 6) is 2.41. The van der Waals surface area contributed by atoms with Crippen molar-refractivity contribution in [1.29, 1.82) is 0 Å². The van der Waals surface area contributed by atoms with Gasteiger partial charge in [-0.3, -0.25) is 4.79 Å². The maximum Gasteiger partial charge on any atom is 0.223 e. The Balaban J connectivity index is 1.38. The van der Waals surface area contributed by atoms with E-state index in [4.69, 9.17) is 4.42 Å². The zero-order valence-electron chi connectivity index (χ0n) is 15.8. The Labute approximate surface area is 155 Å². The molecule has 4 nitrogen and oxygen atoms in total. The van der Waals surface area contributed by atoms with Gasteiger partial charge in [-0.2, -0.15) is 0 Å². The molecule has 0 radical (unpaired) electrons. The molecular weight excluding hydrogens is 324 g/mol. The lowest BCUT2D eigenvalue weighted by Gasteiger charge is -2.33. The van der Waals surface area contributed by atoms with Gasteiger partial charge in [-0.25, -0.2) is 4.98 Å². The molecule has 1 aromatic carbocycles. The van der Waals surface area contributed by atoms with E-state index in [1.165, 1.54) is 37.7 Å². The summed E-state index contributed by atoms with van der Waals surface area (Å²) in [7, 11) is 0. The lowest BCUT2D eigenvalue weighted by Crippen LogP contribution is -2.42. The molecule has 0 spiro atoms. The van der Waals surface area contributed by atoms with E-state index in [2.05, 4.69) is 35.9 Å². The second-order valence-electron chi connectivity index (χ2n) is 7.98. The number of benzene rings is 1. The van der Waals surface area contributed by atoms with Gasteiger partial charge in [-0.1, -0.05) is 42.7 Å². The Morgan fingerprint density at radius 3 is 2.81 bits per heavy atom. The number of rotatable bonds is 4. The van der Waals surface area contributed by atoms with Crippen molar-refractivity contribution in [2.24, 2.45) is 5.92 Å². The van der Waals surface area contributed by atoms with Crippen LogP contribution in [0.3, 0.4) is 0 Å². The Hall–Kier alpha value is -2.10. The monoisotopic (exact) mass is 352 g/mol. The molecule has 26 heavy (non-hydrogen) atoms. The van der Waals surface area contributed by atoms with Gasteiger partial charge in [0.1, 0.15) is 0 Å². The van der Waals surface area contributed by atoms with Gasteiger partial charge in [0.15, 0.2) is 11.7 Å². The maximum absolute atomic E-state index is 12.9. The molecule has 3 unspecified atom stereocenters. The Kier molecular flexibility index (Phi) is 4.84. The normalized spacial score (nSPS) is 25.3. The number of aromatic nitrogens is 1. The quantitative estimate of drug-likeness (QED) is 0.797. The van der Waals surface area contributed by atoms with Crippen molar-refractivity contribution in [1.82, 2.24) is 9.88 Å². The molecule has 1 amide bonds. The first-order valence-electron chi connectivity index (χ1n) is 9.95. The van der Waals surface area contributed by atoms with Gasteiger partial charge in [0.2, 0.25) is 5.91 Å². The van der Waals surface area contributed by atoms with Crippen molar-refractivity contribution in [2.45, 2.75) is 70.9 Å². The average molecular weight is 352 g/mol. The van der Waals surface area contributed by atoms with Crippen molar-refractivity contribution < 1.29 is 9.21 Å². The number of nitrogens with zero attached hydrogens (tertiary/aromatic N) is 2. The van der Waals surface area contributed by atoms with Gasteiger partial charge < -0.3 is 9.32 Å². The van der Waals surface area contributed by atoms with E-state index in [-0.39, 0.29) is 5.91 Å². The number of amides is 1. The molecule has 2 aromatic rings. The minimum absolute atomic E-state index is 0.266. The highest BCUT2D eigenvalue weighted by atomic mass is 16.4. The summed E-state index contributed by atoms with van der Waals surface area (Å²) in [5.41, 5.74) is 2.25. The van der Waals surface area contributed by atoms with Crippen LogP contribution in [-0.4, -0.2) is 27.9 Å². The molecule has 1 aromatic heterocycles. The number of hydrogen-bond acceptors (Lipinski definition) is 3. The molecule has 3 atom stereocenters. The van der Waals surface area contributed by atoms with Gasteiger partial charge in [0, 0.05) is 30.5 Å². The first-order valence-corrected chi connectivity index (χ1v) is 9.95. The summed E-state index contributed by atoms with van der Waals surface area (Å²) < 4.78 is 5.87. The Morgan fingerprint density at radius 2 is 2.00 bits per heavy atom. The fourth-order valence-corrected chi connectivity index (χ4v) is 4.76. The first kappa shape index (κ1) is 17.3. The molecule has 0 N–H and O–H groups in total. The second-order valence-corrected chi connectivity index (χ2v) is 7.98. The molecule has 0 bridgehead atoms. The van der Waals surface area contributed by atoms with E-state index in [0.29, 0.717) is 30.8 Å². The number of fused-ring (bicyclic) bond motifs is 1. The van der Waals surface area contributed by atoms with Crippen LogP contribution in [-0.2, 0) is 11.2 Å². The van der Waals surface area contributed by atoms with Gasteiger partial charge in [0.05, 0.1) is 6.20 Å². The van der Waals surface area contributed by atoms with Crippen LogP contribution in [0.4, 0.5) is 0 Å². The van der Waals surface area contributed by atoms with E-state index in [1.54, 1.807) is 6.20 Å². The largest absolute Gasteiger partial charge is 0.441 e. The van der Waals surface area contributed by atoms with E-state index >= 15 is 0 Å². The number of likely N-dealkylation sites (tertiary alicyclic amines) is 1. The fraction of sp³-hybridized carbons (Fsp3) is 0.545. The maximum atomic E-state index is 12.9. The molecular formula is C22H28N2O2. The highest BCUT2D eigenvalue weighted by Gasteiger charge is 2.42. The van der Waals surface area contributed by atoms with Crippen molar-refractivity contribution in [3.05, 3.63) is 41.9 Å². The molecule has 1 aliphatic heterocycles. The van der Waals surface area contributed by atoms with Crippen LogP contribution in [0.25, 0.3) is 11.3 Å². The Bertz CT molecular complexity index is 765. The predicted molar refractivity (Wildman–Crippen MR) is 102 cm³/mol. The van der Waals surface area contributed by atoms with Crippen molar-refractivity contribution in [3.63, 3.8) is 0 Å². The minimum atomic E-state index is 0.266. The lowest BCUT2D eigenvalue weighted by atomic mass is 9.85. The summed E-state index contributed by atoms with van der Waals surface area (Å²) in [5, 5.41) is 0. The number of aryl methyl sites for hydroxylation is 2. The van der Waals surface area contributed by atoms with Crippen LogP contribution in [0.1, 0.15) is 56.9 Å². The summed E-state index contributed by atoms with van der Waals surface area (Å²) in [6.07, 6.45) is 9.06. The second kappa shape index (κ2) is 7.26. The van der Waals surface area contributed by atoms with Crippen LogP contribution in [0.2, 0.25) is 0 Å². The summed E-state index contributed by atoms with van der Waals surface area (Å²) in [6.45, 7) is 4.27. The summed E-state index contributed by atoms with van der Waals surface area (Å²) >= 11 is 0. The SMILES string of the molecule is Cc1ccc(-c2cnc(CCC(=O)N3C(C)CC4CCCCC43)o2)cc1. The number of carbonyl (C=O) groups excluding carboxylic acids is 1. The van der Waals surface area contributed by atoms with E-state index in [0.717, 1.165) is 17.2 Å². The van der Waals surface area contributed by atoms with Crippen LogP contribution < -0.4 is 0 Å². The third-order valence-corrected chi connectivity index (χ3v) is 6.08. The predicted octanol–water partition coefficient (Wildman–Crippen LogP) is 4.76. The van der Waals surface area contributed by atoms with E-state index < -0.39 is 0 Å². The third-order valence-electron chi connectivity index (χ3n) is 6.08. The van der Waals surface area contributed by atoms with Crippen LogP contribution >= 0.6 is 0 Å². The highest BCUT2D eigenvalue weighted by molar-refractivity contribution is 5.77. The molecule has 2 aliphatic rings.